The van der Waals surface area contributed by atoms with Crippen molar-refractivity contribution in [2.75, 3.05) is 26.2 Å². The molecule has 23 nitrogen and oxygen atoms in total. The van der Waals surface area contributed by atoms with Gasteiger partial charge in [0, 0.05) is 26.2 Å². The summed E-state index contributed by atoms with van der Waals surface area (Å²) in [7, 11) is -23.2. The van der Waals surface area contributed by atoms with Crippen LogP contribution in [0.5, 0.6) is 0 Å². The fourth-order valence-corrected chi connectivity index (χ4v) is 0.329. The molecule has 0 aromatic rings. The molecule has 0 rings (SSSR count). The van der Waals surface area contributed by atoms with Crippen LogP contribution in [0.2, 0.25) is 0 Å². The summed E-state index contributed by atoms with van der Waals surface area (Å²) in [5.74, 6) is 0. The third-order valence-corrected chi connectivity index (χ3v) is 0.642. The van der Waals surface area contributed by atoms with Crippen LogP contribution in [-0.2, 0) is 22.8 Å². The minimum atomic E-state index is -4.64. The van der Waals surface area contributed by atoms with Crippen molar-refractivity contribution in [2.45, 2.75) is 0 Å². The largest absolute Gasteiger partial charge is 0.466 e. The predicted molar refractivity (Wildman–Crippen MR) is 102 cm³/mol. The average Bonchev–Trinajstić information content (AvgIpc) is 2.28. The van der Waals surface area contributed by atoms with Crippen LogP contribution < -0.4 is 16.8 Å². The lowest BCUT2D eigenvalue weighted by molar-refractivity contribution is 0.272. The first kappa shape index (κ1) is 45.9. The minimum Gasteiger partial charge on any atom is -0.329 e. The molecule has 0 aromatic carbocycles. The Morgan fingerprint density at radius 2 is 0.500 bits per heavy atom. The molecule has 28 heteroatoms. The first-order valence-corrected chi connectivity index (χ1v) is 14.3. The van der Waals surface area contributed by atoms with Crippen molar-refractivity contribution >= 4 is 39.1 Å². The van der Waals surface area contributed by atoms with Crippen molar-refractivity contribution in [3.05, 3.63) is 0 Å². The van der Waals surface area contributed by atoms with Gasteiger partial charge in [-0.2, -0.15) is 0 Å². The standard InChI is InChI=1S/C4H13N3.5H3O4P/c5-1-3-7-4-2-6;5*1-5(2,3)4/h7H,1-6H2;5*(H3,1,2,3,4). The normalized spacial score (nSPS) is 11.3. The van der Waals surface area contributed by atoms with Crippen molar-refractivity contribution in [1.29, 1.82) is 0 Å². The molecule has 32 heavy (non-hydrogen) atoms. The van der Waals surface area contributed by atoms with Crippen molar-refractivity contribution in [3.63, 3.8) is 0 Å². The van der Waals surface area contributed by atoms with Gasteiger partial charge >= 0.3 is 39.1 Å². The highest BCUT2D eigenvalue weighted by molar-refractivity contribution is 7.46. The summed E-state index contributed by atoms with van der Waals surface area (Å²) >= 11 is 0. The second-order valence-corrected chi connectivity index (χ2v) is 9.03. The highest BCUT2D eigenvalue weighted by atomic mass is 31.2. The second kappa shape index (κ2) is 23.2. The number of rotatable bonds is 4. The molecule has 0 saturated heterocycles. The number of hydrogen-bond acceptors (Lipinski definition) is 8. The summed E-state index contributed by atoms with van der Waals surface area (Å²) in [5.41, 5.74) is 10.3. The zero-order chi connectivity index (χ0) is 28.0. The average molecular weight is 593 g/mol. The zero-order valence-electron chi connectivity index (χ0n) is 15.5. The molecule has 0 heterocycles. The first-order valence-electron chi connectivity index (χ1n) is 6.44. The third kappa shape index (κ3) is 1340. The Labute approximate surface area is 179 Å². The van der Waals surface area contributed by atoms with Crippen LogP contribution >= 0.6 is 39.1 Å². The van der Waals surface area contributed by atoms with Gasteiger partial charge in [-0.3, -0.25) is 0 Å². The van der Waals surface area contributed by atoms with E-state index in [1.165, 1.54) is 0 Å². The Bertz CT molecular complexity index is 464. The molecule has 204 valence electrons. The maximum atomic E-state index is 8.88. The first-order chi connectivity index (χ1) is 13.4. The van der Waals surface area contributed by atoms with Crippen LogP contribution in [0.15, 0.2) is 0 Å². The van der Waals surface area contributed by atoms with E-state index in [1.807, 2.05) is 0 Å². The van der Waals surface area contributed by atoms with Gasteiger partial charge in [0.15, 0.2) is 0 Å². The Kier molecular flexibility index (Phi) is 33.2. The molecule has 0 unspecified atom stereocenters. The zero-order valence-corrected chi connectivity index (χ0v) is 19.9. The molecule has 0 aromatic heterocycles. The number of hydrogen-bond donors (Lipinski definition) is 18. The van der Waals surface area contributed by atoms with Gasteiger partial charge in [-0.1, -0.05) is 0 Å². The summed E-state index contributed by atoms with van der Waals surface area (Å²) < 4.78 is 44.4. The van der Waals surface area contributed by atoms with Crippen molar-refractivity contribution in [2.24, 2.45) is 11.5 Å². The fourth-order valence-electron chi connectivity index (χ4n) is 0.329. The highest BCUT2D eigenvalue weighted by Crippen LogP contribution is 2.27. The number of nitrogens with one attached hydrogen (secondary N) is 1. The van der Waals surface area contributed by atoms with Crippen LogP contribution in [0.1, 0.15) is 0 Å². The molecule has 0 bridgehead atoms. The monoisotopic (exact) mass is 593 g/mol. The summed E-state index contributed by atoms with van der Waals surface area (Å²) in [5, 5.41) is 3.03. The summed E-state index contributed by atoms with van der Waals surface area (Å²) in [6.07, 6.45) is 0. The highest BCUT2D eigenvalue weighted by Gasteiger charge is 2.01. The predicted octanol–water partition coefficient (Wildman–Crippen LogP) is -6.15. The van der Waals surface area contributed by atoms with Crippen LogP contribution in [0.3, 0.4) is 0 Å². The summed E-state index contributed by atoms with van der Waals surface area (Å²) in [4.78, 5) is 108. The van der Waals surface area contributed by atoms with Gasteiger partial charge < -0.3 is 90.2 Å². The molecule has 0 spiro atoms. The Morgan fingerprint density at radius 3 is 0.562 bits per heavy atom. The molecule has 0 amide bonds. The van der Waals surface area contributed by atoms with E-state index in [-0.39, 0.29) is 0 Å². The molecule has 0 fully saturated rings. The van der Waals surface area contributed by atoms with Crippen molar-refractivity contribution < 1.29 is 96.2 Å². The van der Waals surface area contributed by atoms with Gasteiger partial charge in [0.05, 0.1) is 0 Å². The van der Waals surface area contributed by atoms with E-state index in [0.29, 0.717) is 13.1 Å². The smallest absolute Gasteiger partial charge is 0.329 e. The minimum absolute atomic E-state index is 0.694. The molecule has 0 aliphatic heterocycles. The van der Waals surface area contributed by atoms with Gasteiger partial charge in [-0.05, 0) is 0 Å². The van der Waals surface area contributed by atoms with E-state index < -0.39 is 39.1 Å². The Hall–Kier alpha value is 0.430. The topological polar surface area (TPSA) is 453 Å². The van der Waals surface area contributed by atoms with Crippen LogP contribution in [0.25, 0.3) is 0 Å². The molecular weight excluding hydrogens is 565 g/mol. The van der Waals surface area contributed by atoms with E-state index in [2.05, 4.69) is 5.32 Å². The van der Waals surface area contributed by atoms with E-state index in [1.54, 1.807) is 0 Å². The van der Waals surface area contributed by atoms with Crippen molar-refractivity contribution in [3.8, 4) is 0 Å². The molecule has 0 aliphatic rings. The van der Waals surface area contributed by atoms with E-state index in [9.17, 15) is 0 Å². The second-order valence-electron chi connectivity index (χ2n) is 3.89. The lowest BCUT2D eigenvalue weighted by Crippen LogP contribution is -2.27. The van der Waals surface area contributed by atoms with Crippen LogP contribution in [-0.4, -0.2) is 99.6 Å². The third-order valence-electron chi connectivity index (χ3n) is 0.642. The maximum Gasteiger partial charge on any atom is 0.466 e. The SMILES string of the molecule is NCCNCCN.O=P(O)(O)O.O=P(O)(O)O.O=P(O)(O)O.O=P(O)(O)O.O=P(O)(O)O. The fraction of sp³-hybridized carbons (Fsp3) is 1.00. The van der Waals surface area contributed by atoms with Gasteiger partial charge in [0.1, 0.15) is 0 Å². The van der Waals surface area contributed by atoms with E-state index >= 15 is 0 Å². The van der Waals surface area contributed by atoms with Gasteiger partial charge in [-0.25, -0.2) is 22.8 Å². The molecule has 0 saturated carbocycles. The van der Waals surface area contributed by atoms with Crippen LogP contribution in [0, 0.1) is 0 Å². The van der Waals surface area contributed by atoms with Gasteiger partial charge in [0.2, 0.25) is 0 Å². The van der Waals surface area contributed by atoms with Crippen molar-refractivity contribution in [1.82, 2.24) is 5.32 Å². The molecule has 0 radical (unpaired) electrons. The van der Waals surface area contributed by atoms with E-state index in [0.717, 1.165) is 13.1 Å². The maximum absolute atomic E-state index is 8.88. The quantitative estimate of drug-likeness (QED) is 0.106. The van der Waals surface area contributed by atoms with Crippen LogP contribution in [0.4, 0.5) is 0 Å². The summed E-state index contributed by atoms with van der Waals surface area (Å²) in [6, 6.07) is 0. The summed E-state index contributed by atoms with van der Waals surface area (Å²) in [6.45, 7) is 3.13. The van der Waals surface area contributed by atoms with Gasteiger partial charge in [-0.15, -0.1) is 0 Å². The Balaban J connectivity index is -0.0000000637. The van der Waals surface area contributed by atoms with Gasteiger partial charge in [0.25, 0.3) is 0 Å². The molecular formula is C4H28N3O20P5. The lowest BCUT2D eigenvalue weighted by atomic mass is 10.6. The Morgan fingerprint density at radius 1 is 0.406 bits per heavy atom. The molecule has 0 atom stereocenters. The lowest BCUT2D eigenvalue weighted by Gasteiger charge is -1.95. The molecule has 0 aliphatic carbocycles. The number of nitrogens with two attached hydrogens (primary N) is 2. The molecule has 20 N–H and O–H groups in total. The number of phosphoric acid groups is 5. The van der Waals surface area contributed by atoms with E-state index in [4.69, 9.17) is 108 Å².